The Morgan fingerprint density at radius 3 is 1.19 bits per heavy atom. The lowest BCUT2D eigenvalue weighted by Gasteiger charge is -2.19. The second-order valence-electron chi connectivity index (χ2n) is 18.8. The first-order valence-electron chi connectivity index (χ1n) is 28.4. The molecule has 0 saturated heterocycles. The number of hydrogen-bond acceptors (Lipinski definition) is 8. The number of esters is 2. The van der Waals surface area contributed by atoms with Crippen LogP contribution in [-0.2, 0) is 32.7 Å². The fraction of sp³-hybridized carbons (Fsp3) is 0.763. The molecule has 0 saturated carbocycles. The normalized spacial score (nSPS) is 13.6. The summed E-state index contributed by atoms with van der Waals surface area (Å²) in [5.74, 6) is -0.823. The van der Waals surface area contributed by atoms with E-state index in [1.807, 2.05) is 0 Å². The smallest absolute Gasteiger partial charge is 0.462 e. The van der Waals surface area contributed by atoms with E-state index in [4.69, 9.17) is 24.3 Å². The van der Waals surface area contributed by atoms with E-state index in [1.54, 1.807) is 0 Å². The lowest BCUT2D eigenvalue weighted by molar-refractivity contribution is -0.161. The van der Waals surface area contributed by atoms with Gasteiger partial charge >= 0.3 is 19.8 Å². The number of phosphoric ester groups is 1. The van der Waals surface area contributed by atoms with E-state index in [2.05, 4.69) is 86.8 Å². The third-order valence-corrected chi connectivity index (χ3v) is 13.1. The monoisotopic (exact) mass is 988 g/mol. The van der Waals surface area contributed by atoms with Crippen LogP contribution in [0.25, 0.3) is 0 Å². The van der Waals surface area contributed by atoms with Crippen LogP contribution in [0.2, 0.25) is 0 Å². The molecule has 2 atom stereocenters. The zero-order valence-corrected chi connectivity index (χ0v) is 45.4. The Morgan fingerprint density at radius 2 is 0.797 bits per heavy atom. The van der Waals surface area contributed by atoms with Crippen molar-refractivity contribution < 1.29 is 37.6 Å². The van der Waals surface area contributed by atoms with Crippen molar-refractivity contribution in [3.63, 3.8) is 0 Å². The first-order valence-corrected chi connectivity index (χ1v) is 29.9. The van der Waals surface area contributed by atoms with Crippen LogP contribution < -0.4 is 5.73 Å². The molecule has 2 unspecified atom stereocenters. The summed E-state index contributed by atoms with van der Waals surface area (Å²) in [6.07, 6.45) is 69.9. The van der Waals surface area contributed by atoms with Crippen LogP contribution in [0.4, 0.5) is 0 Å². The van der Waals surface area contributed by atoms with Crippen molar-refractivity contribution >= 4 is 19.8 Å². The molecule has 400 valence electrons. The van der Waals surface area contributed by atoms with Gasteiger partial charge in [0.25, 0.3) is 0 Å². The highest BCUT2D eigenvalue weighted by Crippen LogP contribution is 2.43. The molecule has 9 nitrogen and oxygen atoms in total. The van der Waals surface area contributed by atoms with Gasteiger partial charge in [-0.2, -0.15) is 0 Å². The van der Waals surface area contributed by atoms with Gasteiger partial charge in [-0.1, -0.05) is 254 Å². The summed E-state index contributed by atoms with van der Waals surface area (Å²) in [7, 11) is -4.38. The van der Waals surface area contributed by atoms with Crippen LogP contribution in [0.15, 0.2) is 72.9 Å². The van der Waals surface area contributed by atoms with Crippen molar-refractivity contribution in [3.8, 4) is 0 Å². The van der Waals surface area contributed by atoms with Gasteiger partial charge in [0.15, 0.2) is 6.10 Å². The van der Waals surface area contributed by atoms with Crippen LogP contribution in [0.5, 0.6) is 0 Å². The summed E-state index contributed by atoms with van der Waals surface area (Å²) in [6.45, 7) is 3.61. The van der Waals surface area contributed by atoms with Crippen molar-refractivity contribution in [1.29, 1.82) is 0 Å². The molecule has 0 aliphatic rings. The second kappa shape index (κ2) is 54.8. The van der Waals surface area contributed by atoms with Gasteiger partial charge in [0.2, 0.25) is 0 Å². The van der Waals surface area contributed by atoms with Gasteiger partial charge in [-0.05, 0) is 64.2 Å². The van der Waals surface area contributed by atoms with Crippen molar-refractivity contribution in [2.75, 3.05) is 26.4 Å². The van der Waals surface area contributed by atoms with Gasteiger partial charge in [0.1, 0.15) is 6.61 Å². The average molecular weight is 988 g/mol. The largest absolute Gasteiger partial charge is 0.472 e. The molecule has 0 aliphatic carbocycles. The summed E-state index contributed by atoms with van der Waals surface area (Å²) >= 11 is 0. The molecule has 0 amide bonds. The quantitative estimate of drug-likeness (QED) is 0.0264. The Bertz CT molecular complexity index is 1360. The Kier molecular flexibility index (Phi) is 52.8. The second-order valence-corrected chi connectivity index (χ2v) is 20.2. The van der Waals surface area contributed by atoms with Crippen LogP contribution in [0, 0.1) is 0 Å². The molecule has 3 N–H and O–H groups in total. The highest BCUT2D eigenvalue weighted by molar-refractivity contribution is 7.47. The number of unbranched alkanes of at least 4 members (excludes halogenated alkanes) is 28. The van der Waals surface area contributed by atoms with Crippen LogP contribution in [0.1, 0.15) is 258 Å². The van der Waals surface area contributed by atoms with E-state index in [1.165, 1.54) is 154 Å². The standard InChI is InChI=1S/C59H106NO8P/c1-3-5-7-9-11-13-14-15-16-17-18-19-20-21-22-23-24-25-26-27-28-29-30-31-32-33-34-35-36-37-38-39-40-41-42-44-46-48-50-52-59(62)68-57(56-67-69(63,64)66-54-53-60)55-65-58(61)51-49-47-45-43-12-10-8-6-4-2/h5,7,11,13,15-16,18-19,21-22,24-25,57H,3-4,6,8-10,12,14,17,20,23,26-56,60H2,1-2H3,(H,63,64)/b7-5-,13-11-,16-15-,19-18-,22-21-,25-24-. The molecule has 0 radical (unpaired) electrons. The molecule has 0 aromatic carbocycles. The first-order chi connectivity index (χ1) is 33.8. The zero-order chi connectivity index (χ0) is 50.2. The molecule has 69 heavy (non-hydrogen) atoms. The molecule has 0 aliphatic heterocycles. The van der Waals surface area contributed by atoms with E-state index in [0.717, 1.165) is 70.6 Å². The van der Waals surface area contributed by atoms with Crippen LogP contribution >= 0.6 is 7.82 Å². The summed E-state index contributed by atoms with van der Waals surface area (Å²) in [5, 5.41) is 0. The molecule has 0 aromatic heterocycles. The molecule has 0 spiro atoms. The highest BCUT2D eigenvalue weighted by atomic mass is 31.2. The minimum Gasteiger partial charge on any atom is -0.462 e. The summed E-state index contributed by atoms with van der Waals surface area (Å²) in [4.78, 5) is 34.9. The van der Waals surface area contributed by atoms with Gasteiger partial charge in [0.05, 0.1) is 13.2 Å². The van der Waals surface area contributed by atoms with E-state index in [-0.39, 0.29) is 38.6 Å². The lowest BCUT2D eigenvalue weighted by Crippen LogP contribution is -2.29. The van der Waals surface area contributed by atoms with Gasteiger partial charge in [-0.25, -0.2) is 4.57 Å². The number of ether oxygens (including phenoxy) is 2. The van der Waals surface area contributed by atoms with E-state index in [0.29, 0.717) is 6.42 Å². The maximum atomic E-state index is 12.6. The van der Waals surface area contributed by atoms with E-state index in [9.17, 15) is 19.0 Å². The molecule has 0 rings (SSSR count). The molecular weight excluding hydrogens is 882 g/mol. The van der Waals surface area contributed by atoms with Gasteiger partial charge in [-0.3, -0.25) is 18.6 Å². The number of nitrogens with two attached hydrogens (primary N) is 1. The maximum Gasteiger partial charge on any atom is 0.472 e. The number of rotatable bonds is 53. The Morgan fingerprint density at radius 1 is 0.449 bits per heavy atom. The lowest BCUT2D eigenvalue weighted by atomic mass is 10.0. The highest BCUT2D eigenvalue weighted by Gasteiger charge is 2.26. The molecule has 0 bridgehead atoms. The average Bonchev–Trinajstić information content (AvgIpc) is 3.34. The maximum absolute atomic E-state index is 12.6. The van der Waals surface area contributed by atoms with Crippen molar-refractivity contribution in [1.82, 2.24) is 0 Å². The number of carbonyl (C=O) groups is 2. The van der Waals surface area contributed by atoms with Crippen molar-refractivity contribution in [2.45, 2.75) is 264 Å². The van der Waals surface area contributed by atoms with Crippen LogP contribution in [-0.4, -0.2) is 49.3 Å². The van der Waals surface area contributed by atoms with E-state index >= 15 is 0 Å². The summed E-state index contributed by atoms with van der Waals surface area (Å²) in [6, 6.07) is 0. The molecule has 0 fully saturated rings. The number of phosphoric acid groups is 1. The third-order valence-electron chi connectivity index (χ3n) is 12.1. The molecular formula is C59H106NO8P. The Balaban J connectivity index is 3.75. The van der Waals surface area contributed by atoms with Crippen molar-refractivity contribution in [3.05, 3.63) is 72.9 Å². The minimum absolute atomic E-state index is 0.0542. The first kappa shape index (κ1) is 66.5. The Labute approximate surface area is 424 Å². The van der Waals surface area contributed by atoms with Gasteiger partial charge < -0.3 is 20.1 Å². The number of allylic oxidation sites excluding steroid dienone is 12. The van der Waals surface area contributed by atoms with Crippen molar-refractivity contribution in [2.24, 2.45) is 5.73 Å². The zero-order valence-electron chi connectivity index (χ0n) is 44.5. The molecule has 0 aromatic rings. The van der Waals surface area contributed by atoms with Gasteiger partial charge in [0, 0.05) is 19.4 Å². The van der Waals surface area contributed by atoms with Gasteiger partial charge in [-0.15, -0.1) is 0 Å². The topological polar surface area (TPSA) is 134 Å². The van der Waals surface area contributed by atoms with E-state index < -0.39 is 26.5 Å². The fourth-order valence-electron chi connectivity index (χ4n) is 7.93. The fourth-order valence-corrected chi connectivity index (χ4v) is 8.70. The number of carbonyl (C=O) groups excluding carboxylic acids is 2. The van der Waals surface area contributed by atoms with Crippen LogP contribution in [0.3, 0.4) is 0 Å². The minimum atomic E-state index is -4.38. The SMILES string of the molecule is CC/C=C\C/C=C\C/C=C\C/C=C\C/C=C\C/C=C\CCCCCCCCCCCCCCCCCCCCCCC(=O)OC(COC(=O)CCCCCCCCCCC)COP(=O)(O)OCCN. The summed E-state index contributed by atoms with van der Waals surface area (Å²) in [5.41, 5.74) is 5.36. The summed E-state index contributed by atoms with van der Waals surface area (Å²) < 4.78 is 32.8. The Hall–Kier alpha value is -2.55. The number of hydrogen-bond donors (Lipinski definition) is 2. The predicted molar refractivity (Wildman–Crippen MR) is 293 cm³/mol. The third kappa shape index (κ3) is 54.6. The molecule has 10 heteroatoms. The molecule has 0 heterocycles. The predicted octanol–water partition coefficient (Wildman–Crippen LogP) is 17.7.